The Kier molecular flexibility index (Phi) is 8.22. The first-order valence-electron chi connectivity index (χ1n) is 14.3. The summed E-state index contributed by atoms with van der Waals surface area (Å²) in [5, 5.41) is 0.309. The largest absolute Gasteiger partial charge is 0.307 e. The van der Waals surface area contributed by atoms with E-state index in [0.29, 0.717) is 17.3 Å². The van der Waals surface area contributed by atoms with Crippen LogP contribution in [-0.2, 0) is 5.41 Å². The number of halogens is 2. The minimum atomic E-state index is -0.242. The summed E-state index contributed by atoms with van der Waals surface area (Å²) in [6.07, 6.45) is 7.99. The number of aryl methyl sites for hydroxylation is 2. The van der Waals surface area contributed by atoms with Crippen molar-refractivity contribution in [1.29, 1.82) is 0 Å². The van der Waals surface area contributed by atoms with Gasteiger partial charge in [0.05, 0.1) is 0 Å². The van der Waals surface area contributed by atoms with Gasteiger partial charge in [-0.2, -0.15) is 0 Å². The quantitative estimate of drug-likeness (QED) is 0.209. The minimum Gasteiger partial charge on any atom is -0.307 e. The highest BCUT2D eigenvalue weighted by Gasteiger charge is 2.46. The topological polar surface area (TPSA) is 36.4 Å². The van der Waals surface area contributed by atoms with E-state index in [1.165, 1.54) is 34.4 Å². The molecule has 0 N–H and O–H groups in total. The van der Waals surface area contributed by atoms with Crippen LogP contribution in [0, 0.1) is 19.7 Å². The number of fused-ring (bicyclic) bond motifs is 2. The number of piperidine rings is 1. The van der Waals surface area contributed by atoms with E-state index in [-0.39, 0.29) is 17.1 Å². The number of pyridine rings is 1. The van der Waals surface area contributed by atoms with Crippen LogP contribution in [0.4, 0.5) is 10.1 Å². The molecule has 0 aliphatic carbocycles. The van der Waals surface area contributed by atoms with Crippen LogP contribution < -0.4 is 4.90 Å². The predicted octanol–water partition coefficient (Wildman–Crippen LogP) is 8.35. The molecule has 214 valence electrons. The summed E-state index contributed by atoms with van der Waals surface area (Å²) in [4.78, 5) is 24.3. The molecule has 4 nitrogen and oxygen atoms in total. The molecule has 6 rings (SSSR count). The first-order chi connectivity index (χ1) is 20.3. The van der Waals surface area contributed by atoms with Crippen LogP contribution in [0.25, 0.3) is 6.08 Å². The fourth-order valence-corrected chi connectivity index (χ4v) is 7.19. The number of likely N-dealkylation sites (tertiary alicyclic amines) is 1. The molecular weight excluding hydrogens is 565 g/mol. The van der Waals surface area contributed by atoms with Crippen LogP contribution in [0.2, 0.25) is 5.15 Å². The highest BCUT2D eigenvalue weighted by atomic mass is 35.5. The number of hydrogen-bond donors (Lipinski definition) is 0. The molecule has 1 aromatic heterocycles. The lowest BCUT2D eigenvalue weighted by Crippen LogP contribution is -2.46. The Morgan fingerprint density at radius 3 is 2.50 bits per heavy atom. The number of carbonyl (C=O) groups excluding carboxylic acids is 1. The van der Waals surface area contributed by atoms with Crippen LogP contribution in [-0.4, -0.2) is 42.0 Å². The molecule has 2 aliphatic heterocycles. The summed E-state index contributed by atoms with van der Waals surface area (Å²) in [5.41, 5.74) is 6.41. The highest BCUT2D eigenvalue weighted by Crippen LogP contribution is 2.49. The van der Waals surface area contributed by atoms with Crippen LogP contribution >= 0.6 is 23.4 Å². The Hall–Kier alpha value is -3.45. The van der Waals surface area contributed by atoms with Gasteiger partial charge in [0.25, 0.3) is 5.91 Å². The van der Waals surface area contributed by atoms with Crippen molar-refractivity contribution in [2.45, 2.75) is 41.9 Å². The van der Waals surface area contributed by atoms with Gasteiger partial charge in [0.1, 0.15) is 11.0 Å². The van der Waals surface area contributed by atoms with Gasteiger partial charge >= 0.3 is 0 Å². The zero-order chi connectivity index (χ0) is 29.3. The highest BCUT2D eigenvalue weighted by molar-refractivity contribution is 7.99. The second-order valence-corrected chi connectivity index (χ2v) is 12.9. The molecule has 2 aliphatic rings. The molecule has 1 fully saturated rings. The number of hydrogen-bond acceptors (Lipinski definition) is 4. The van der Waals surface area contributed by atoms with Crippen LogP contribution in [0.5, 0.6) is 0 Å². The van der Waals surface area contributed by atoms with Crippen molar-refractivity contribution >= 4 is 41.0 Å². The van der Waals surface area contributed by atoms with Crippen molar-refractivity contribution in [2.24, 2.45) is 0 Å². The van der Waals surface area contributed by atoms with E-state index < -0.39 is 0 Å². The molecule has 1 saturated heterocycles. The molecule has 7 heteroatoms. The summed E-state index contributed by atoms with van der Waals surface area (Å²) < 4.78 is 13.5. The summed E-state index contributed by atoms with van der Waals surface area (Å²) >= 11 is 7.75. The molecule has 0 atom stereocenters. The van der Waals surface area contributed by atoms with Gasteiger partial charge in [-0.25, -0.2) is 9.37 Å². The third kappa shape index (κ3) is 6.03. The summed E-state index contributed by atoms with van der Waals surface area (Å²) in [6.45, 7) is 7.72. The molecule has 3 heterocycles. The van der Waals surface area contributed by atoms with Gasteiger partial charge in [0, 0.05) is 45.7 Å². The standard InChI is InChI=1S/C35H33ClFN3OS/c1-24-5-6-26(25(2)20-24)4-3-17-39-18-14-35(15-19-39)23-40(34(41)27-13-16-38-33(36)21-27)32-12-11-30(22-31(32)35)42-29-9-7-28(37)8-10-29/h3-13,16,20-22H,14-15,17-19,23H2,1-2H3/b4-3+. The Balaban J connectivity index is 1.24. The maximum Gasteiger partial charge on any atom is 0.258 e. The number of aromatic nitrogens is 1. The normalized spacial score (nSPS) is 16.3. The first-order valence-corrected chi connectivity index (χ1v) is 15.5. The molecule has 0 radical (unpaired) electrons. The van der Waals surface area contributed by atoms with Crippen molar-refractivity contribution in [3.63, 3.8) is 0 Å². The Bertz CT molecular complexity index is 1650. The number of rotatable bonds is 6. The summed E-state index contributed by atoms with van der Waals surface area (Å²) in [5.74, 6) is -0.302. The van der Waals surface area contributed by atoms with E-state index >= 15 is 0 Å². The molecule has 4 aromatic rings. The molecular formula is C35H33ClFN3OS. The number of benzene rings is 3. The monoisotopic (exact) mass is 597 g/mol. The fourth-order valence-electron chi connectivity index (χ4n) is 6.16. The van der Waals surface area contributed by atoms with Crippen molar-refractivity contribution < 1.29 is 9.18 Å². The molecule has 1 spiro atoms. The van der Waals surface area contributed by atoms with E-state index in [9.17, 15) is 9.18 Å². The van der Waals surface area contributed by atoms with Gasteiger partial charge < -0.3 is 4.90 Å². The smallest absolute Gasteiger partial charge is 0.258 e. The van der Waals surface area contributed by atoms with Crippen molar-refractivity contribution in [3.8, 4) is 0 Å². The Morgan fingerprint density at radius 1 is 1.00 bits per heavy atom. The van der Waals surface area contributed by atoms with Gasteiger partial charge in [-0.05, 0) is 111 Å². The van der Waals surface area contributed by atoms with Gasteiger partial charge in [0.2, 0.25) is 0 Å². The van der Waals surface area contributed by atoms with E-state index in [1.807, 2.05) is 4.90 Å². The summed E-state index contributed by atoms with van der Waals surface area (Å²) in [6, 6.07) is 22.9. The third-order valence-corrected chi connectivity index (χ3v) is 9.66. The molecule has 3 aromatic carbocycles. The Morgan fingerprint density at radius 2 is 1.76 bits per heavy atom. The number of anilines is 1. The lowest BCUT2D eigenvalue weighted by molar-refractivity contribution is 0.0977. The first kappa shape index (κ1) is 28.7. The van der Waals surface area contributed by atoms with E-state index in [4.69, 9.17) is 11.6 Å². The van der Waals surface area contributed by atoms with Crippen molar-refractivity contribution in [3.05, 3.63) is 124 Å². The minimum absolute atomic E-state index is 0.0600. The van der Waals surface area contributed by atoms with Gasteiger partial charge in [-0.15, -0.1) is 0 Å². The van der Waals surface area contributed by atoms with Gasteiger partial charge in [-0.3, -0.25) is 9.69 Å². The second kappa shape index (κ2) is 12.0. The zero-order valence-corrected chi connectivity index (χ0v) is 25.4. The maximum absolute atomic E-state index is 13.8. The van der Waals surface area contributed by atoms with Gasteiger partial charge in [-0.1, -0.05) is 59.3 Å². The van der Waals surface area contributed by atoms with Crippen LogP contribution in [0.1, 0.15) is 45.5 Å². The van der Waals surface area contributed by atoms with E-state index in [0.717, 1.165) is 48.0 Å². The van der Waals surface area contributed by atoms with E-state index in [1.54, 1.807) is 42.2 Å². The van der Waals surface area contributed by atoms with Crippen LogP contribution in [0.3, 0.4) is 0 Å². The number of amides is 1. The molecule has 42 heavy (non-hydrogen) atoms. The van der Waals surface area contributed by atoms with E-state index in [2.05, 4.69) is 72.3 Å². The lowest BCUT2D eigenvalue weighted by Gasteiger charge is -2.39. The number of nitrogens with zero attached hydrogens (tertiary/aromatic N) is 3. The fraction of sp³-hybridized carbons (Fsp3) is 0.257. The SMILES string of the molecule is Cc1ccc(/C=C/CN2CCC3(CC2)CN(C(=O)c2ccnc(Cl)c2)c2ccc(Sc4ccc(F)cc4)cc23)c(C)c1. The lowest BCUT2D eigenvalue weighted by atomic mass is 9.74. The van der Waals surface area contributed by atoms with Crippen molar-refractivity contribution in [1.82, 2.24) is 9.88 Å². The summed E-state index contributed by atoms with van der Waals surface area (Å²) in [7, 11) is 0. The number of carbonyl (C=O) groups is 1. The predicted molar refractivity (Wildman–Crippen MR) is 170 cm³/mol. The average Bonchev–Trinajstić information content (AvgIpc) is 3.29. The molecule has 1 amide bonds. The second-order valence-electron chi connectivity index (χ2n) is 11.3. The molecule has 0 saturated carbocycles. The zero-order valence-electron chi connectivity index (χ0n) is 23.8. The average molecular weight is 598 g/mol. The molecule has 0 bridgehead atoms. The van der Waals surface area contributed by atoms with Crippen molar-refractivity contribution in [2.75, 3.05) is 31.1 Å². The van der Waals surface area contributed by atoms with Crippen LogP contribution in [0.15, 0.2) is 94.9 Å². The Labute approximate surface area is 256 Å². The molecule has 0 unspecified atom stereocenters. The van der Waals surface area contributed by atoms with Gasteiger partial charge in [0.15, 0.2) is 0 Å². The third-order valence-electron chi connectivity index (χ3n) is 8.46. The maximum atomic E-state index is 13.8.